The Balaban J connectivity index is 2.21. The molecule has 0 radical (unpaired) electrons. The fourth-order valence-electron chi connectivity index (χ4n) is 1.60. The quantitative estimate of drug-likeness (QED) is 0.755. The molecule has 0 aliphatic rings. The molecule has 1 aromatic carbocycles. The van der Waals surface area contributed by atoms with E-state index in [2.05, 4.69) is 16.0 Å². The third kappa shape index (κ3) is 3.09. The highest BCUT2D eigenvalue weighted by atomic mass is 35.5. The first kappa shape index (κ1) is 12.6. The number of hydrogen-bond donors (Lipinski definition) is 0. The molecule has 0 bridgehead atoms. The molecule has 3 nitrogen and oxygen atoms in total. The normalized spacial score (nSPS) is 10.9. The molecule has 1 aromatic heterocycles. The van der Waals surface area contributed by atoms with Crippen molar-refractivity contribution in [2.45, 2.75) is 0 Å². The molecule has 2 rings (SSSR count). The molecule has 0 saturated carbocycles. The highest BCUT2D eigenvalue weighted by Crippen LogP contribution is 2.28. The number of hydrogen-bond acceptors (Lipinski definition) is 4. The van der Waals surface area contributed by atoms with Crippen LogP contribution in [0.3, 0.4) is 0 Å². The summed E-state index contributed by atoms with van der Waals surface area (Å²) in [6, 6.07) is 8.16. The molecule has 0 unspecified atom stereocenters. The number of nitrogens with zero attached hydrogens (tertiary/aromatic N) is 2. The molecule has 5 heteroatoms. The van der Waals surface area contributed by atoms with E-state index in [1.165, 1.54) is 4.70 Å². The lowest BCUT2D eigenvalue weighted by Gasteiger charge is -2.19. The Morgan fingerprint density at radius 3 is 2.88 bits per heavy atom. The number of halogens is 1. The Kier molecular flexibility index (Phi) is 4.59. The van der Waals surface area contributed by atoms with Crippen LogP contribution >= 0.6 is 22.9 Å². The van der Waals surface area contributed by atoms with E-state index in [9.17, 15) is 0 Å². The molecule has 92 valence electrons. The number of anilines is 1. The van der Waals surface area contributed by atoms with Gasteiger partial charge in [-0.05, 0) is 12.1 Å². The second kappa shape index (κ2) is 6.19. The topological polar surface area (TPSA) is 25.4 Å². The molecule has 0 amide bonds. The van der Waals surface area contributed by atoms with E-state index >= 15 is 0 Å². The largest absolute Gasteiger partial charge is 0.383 e. The van der Waals surface area contributed by atoms with Crippen LogP contribution in [-0.4, -0.2) is 37.7 Å². The summed E-state index contributed by atoms with van der Waals surface area (Å²) in [6.45, 7) is 2.31. The number of aromatic nitrogens is 1. The van der Waals surface area contributed by atoms with Gasteiger partial charge in [-0.25, -0.2) is 4.98 Å². The summed E-state index contributed by atoms with van der Waals surface area (Å²) in [5, 5.41) is 1.02. The lowest BCUT2D eigenvalue weighted by molar-refractivity contribution is 0.205. The van der Waals surface area contributed by atoms with E-state index in [-0.39, 0.29) is 0 Å². The zero-order valence-corrected chi connectivity index (χ0v) is 11.3. The van der Waals surface area contributed by atoms with Crippen LogP contribution < -0.4 is 4.90 Å². The average Bonchev–Trinajstić information content (AvgIpc) is 2.78. The number of ether oxygens (including phenoxy) is 1. The lowest BCUT2D eigenvalue weighted by Crippen LogP contribution is -2.28. The van der Waals surface area contributed by atoms with Crippen molar-refractivity contribution < 1.29 is 4.74 Å². The fourth-order valence-corrected chi connectivity index (χ4v) is 2.82. The second-order valence-electron chi connectivity index (χ2n) is 3.63. The predicted molar refractivity (Wildman–Crippen MR) is 74.4 cm³/mol. The number of rotatable bonds is 6. The second-order valence-corrected chi connectivity index (χ2v) is 5.02. The van der Waals surface area contributed by atoms with Crippen LogP contribution in [-0.2, 0) is 4.74 Å². The van der Waals surface area contributed by atoms with E-state index < -0.39 is 0 Å². The van der Waals surface area contributed by atoms with Crippen molar-refractivity contribution >= 4 is 38.3 Å². The van der Waals surface area contributed by atoms with E-state index in [4.69, 9.17) is 16.3 Å². The van der Waals surface area contributed by atoms with E-state index in [1.54, 1.807) is 18.4 Å². The van der Waals surface area contributed by atoms with E-state index in [0.717, 1.165) is 23.7 Å². The number of thiazole rings is 1. The van der Waals surface area contributed by atoms with Gasteiger partial charge in [0, 0.05) is 26.1 Å². The van der Waals surface area contributed by atoms with Crippen LogP contribution in [0.4, 0.5) is 5.13 Å². The summed E-state index contributed by atoms with van der Waals surface area (Å²) in [5.74, 6) is 0.597. The van der Waals surface area contributed by atoms with Gasteiger partial charge in [0.05, 0.1) is 16.8 Å². The smallest absolute Gasteiger partial charge is 0.186 e. The summed E-state index contributed by atoms with van der Waals surface area (Å²) in [6.07, 6.45) is 0. The molecular formula is C12H15ClN2OS. The Labute approximate surface area is 110 Å². The van der Waals surface area contributed by atoms with Gasteiger partial charge < -0.3 is 9.64 Å². The van der Waals surface area contributed by atoms with E-state index in [1.807, 2.05) is 18.2 Å². The SMILES string of the molecule is COCCN(CCCl)c1nc2ccccc2s1. The number of para-hydroxylation sites is 1. The zero-order chi connectivity index (χ0) is 12.1. The molecule has 0 saturated heterocycles. The van der Waals surface area contributed by atoms with Gasteiger partial charge in [-0.1, -0.05) is 23.5 Å². The van der Waals surface area contributed by atoms with Gasteiger partial charge in [0.15, 0.2) is 5.13 Å². The van der Waals surface area contributed by atoms with Crippen molar-refractivity contribution in [3.05, 3.63) is 24.3 Å². The molecule has 0 aliphatic heterocycles. The van der Waals surface area contributed by atoms with Crippen molar-refractivity contribution in [2.75, 3.05) is 37.6 Å². The first-order valence-electron chi connectivity index (χ1n) is 5.50. The minimum Gasteiger partial charge on any atom is -0.383 e. The van der Waals surface area contributed by atoms with Gasteiger partial charge >= 0.3 is 0 Å². The van der Waals surface area contributed by atoms with Crippen LogP contribution in [0.5, 0.6) is 0 Å². The highest BCUT2D eigenvalue weighted by molar-refractivity contribution is 7.22. The van der Waals surface area contributed by atoms with Crippen LogP contribution in [0.2, 0.25) is 0 Å². The monoisotopic (exact) mass is 270 g/mol. The standard InChI is InChI=1S/C12H15ClN2OS/c1-16-9-8-15(7-6-13)12-14-10-4-2-3-5-11(10)17-12/h2-5H,6-9H2,1H3. The summed E-state index contributed by atoms with van der Waals surface area (Å²) < 4.78 is 6.31. The lowest BCUT2D eigenvalue weighted by atomic mass is 10.3. The third-order valence-electron chi connectivity index (χ3n) is 2.47. The molecule has 0 spiro atoms. The molecule has 0 fully saturated rings. The summed E-state index contributed by atoms with van der Waals surface area (Å²) >= 11 is 7.51. The van der Waals surface area contributed by atoms with Crippen molar-refractivity contribution in [2.24, 2.45) is 0 Å². The molecule has 2 aromatic rings. The van der Waals surface area contributed by atoms with Gasteiger partial charge in [0.25, 0.3) is 0 Å². The molecule has 0 atom stereocenters. The van der Waals surface area contributed by atoms with Gasteiger partial charge in [-0.2, -0.15) is 0 Å². The molecule has 0 aliphatic carbocycles. The van der Waals surface area contributed by atoms with Crippen molar-refractivity contribution in [1.82, 2.24) is 4.98 Å². The van der Waals surface area contributed by atoms with Gasteiger partial charge in [0.2, 0.25) is 0 Å². The number of benzene rings is 1. The van der Waals surface area contributed by atoms with Gasteiger partial charge in [0.1, 0.15) is 0 Å². The molecule has 0 N–H and O–H groups in total. The predicted octanol–water partition coefficient (Wildman–Crippen LogP) is 2.99. The molecular weight excluding hydrogens is 256 g/mol. The van der Waals surface area contributed by atoms with Crippen LogP contribution in [0, 0.1) is 0 Å². The van der Waals surface area contributed by atoms with E-state index in [0.29, 0.717) is 12.5 Å². The summed E-state index contributed by atoms with van der Waals surface area (Å²) in [4.78, 5) is 6.78. The maximum Gasteiger partial charge on any atom is 0.186 e. The van der Waals surface area contributed by atoms with Crippen molar-refractivity contribution in [1.29, 1.82) is 0 Å². The van der Waals surface area contributed by atoms with Gasteiger partial charge in [-0.3, -0.25) is 0 Å². The number of alkyl halides is 1. The minimum atomic E-state index is 0.597. The highest BCUT2D eigenvalue weighted by Gasteiger charge is 2.11. The Morgan fingerprint density at radius 1 is 1.35 bits per heavy atom. The van der Waals surface area contributed by atoms with Crippen LogP contribution in [0.1, 0.15) is 0 Å². The van der Waals surface area contributed by atoms with Crippen molar-refractivity contribution in [3.8, 4) is 0 Å². The average molecular weight is 271 g/mol. The number of fused-ring (bicyclic) bond motifs is 1. The van der Waals surface area contributed by atoms with Crippen LogP contribution in [0.15, 0.2) is 24.3 Å². The van der Waals surface area contributed by atoms with Gasteiger partial charge in [-0.15, -0.1) is 11.6 Å². The van der Waals surface area contributed by atoms with Crippen molar-refractivity contribution in [3.63, 3.8) is 0 Å². The first-order chi connectivity index (χ1) is 8.35. The zero-order valence-electron chi connectivity index (χ0n) is 9.73. The third-order valence-corrected chi connectivity index (χ3v) is 3.74. The molecule has 17 heavy (non-hydrogen) atoms. The fraction of sp³-hybridized carbons (Fsp3) is 0.417. The maximum atomic E-state index is 5.82. The first-order valence-corrected chi connectivity index (χ1v) is 6.85. The summed E-state index contributed by atoms with van der Waals surface area (Å²) in [7, 11) is 1.71. The Bertz CT molecular complexity index is 441. The molecule has 1 heterocycles. The Morgan fingerprint density at radius 2 is 2.18 bits per heavy atom. The summed E-state index contributed by atoms with van der Waals surface area (Å²) in [5.41, 5.74) is 1.05. The van der Waals surface area contributed by atoms with Crippen LogP contribution in [0.25, 0.3) is 10.2 Å². The number of methoxy groups -OCH3 is 1. The Hall–Kier alpha value is -0.840. The minimum absolute atomic E-state index is 0.597. The maximum absolute atomic E-state index is 5.82.